The van der Waals surface area contributed by atoms with E-state index in [-0.39, 0.29) is 23.8 Å². The first-order chi connectivity index (χ1) is 17.4. The molecule has 0 radical (unpaired) electrons. The number of rotatable bonds is 8. The van der Waals surface area contributed by atoms with Gasteiger partial charge in [0.05, 0.1) is 10.6 Å². The van der Waals surface area contributed by atoms with Crippen molar-refractivity contribution >= 4 is 21.7 Å². The molecule has 0 amide bonds. The molecule has 0 saturated heterocycles. The van der Waals surface area contributed by atoms with Crippen LogP contribution in [-0.4, -0.2) is 36.0 Å². The molecule has 1 atom stereocenters. The van der Waals surface area contributed by atoms with Gasteiger partial charge in [0.1, 0.15) is 11.5 Å². The van der Waals surface area contributed by atoms with Gasteiger partial charge in [0.25, 0.3) is 10.0 Å². The summed E-state index contributed by atoms with van der Waals surface area (Å²) in [5.74, 6) is -0.0509. The molecule has 0 saturated carbocycles. The van der Waals surface area contributed by atoms with E-state index in [9.17, 15) is 18.3 Å². The number of fused-ring (bicyclic) bond motifs is 1. The van der Waals surface area contributed by atoms with Crippen molar-refractivity contribution in [3.05, 3.63) is 97.1 Å². The van der Waals surface area contributed by atoms with Crippen LogP contribution >= 0.6 is 0 Å². The lowest BCUT2D eigenvalue weighted by Crippen LogP contribution is -2.30. The van der Waals surface area contributed by atoms with Crippen LogP contribution in [0.3, 0.4) is 0 Å². The summed E-state index contributed by atoms with van der Waals surface area (Å²) in [7, 11) is -3.88. The van der Waals surface area contributed by atoms with Gasteiger partial charge in [0.2, 0.25) is 0 Å². The van der Waals surface area contributed by atoms with Crippen LogP contribution in [0.2, 0.25) is 0 Å². The maximum Gasteiger partial charge on any atom is 0.303 e. The Balaban J connectivity index is 1.46. The Bertz CT molecular complexity index is 1480. The van der Waals surface area contributed by atoms with Gasteiger partial charge in [0, 0.05) is 43.7 Å². The van der Waals surface area contributed by atoms with E-state index in [4.69, 9.17) is 4.74 Å². The van der Waals surface area contributed by atoms with E-state index in [1.54, 1.807) is 55.1 Å². The van der Waals surface area contributed by atoms with Crippen LogP contribution in [0.1, 0.15) is 24.3 Å². The Morgan fingerprint density at radius 2 is 1.69 bits per heavy atom. The Kier molecular flexibility index (Phi) is 6.39. The number of benzene rings is 2. The zero-order chi connectivity index (χ0) is 25.1. The third-order valence-corrected chi connectivity index (χ3v) is 7.91. The fraction of sp³-hybridized carbons (Fsp3) is 0.148. The SMILES string of the molecule is O=C(O)CCC1CN(S(=O)(=O)c2ccc(Oc3ccncc3)cc2)c2ccc(-c3cccnc3)cc21. The molecule has 4 aromatic rings. The van der Waals surface area contributed by atoms with Gasteiger partial charge in [-0.25, -0.2) is 8.42 Å². The maximum atomic E-state index is 13.7. The van der Waals surface area contributed by atoms with E-state index in [1.165, 1.54) is 16.4 Å². The Labute approximate surface area is 208 Å². The lowest BCUT2D eigenvalue weighted by molar-refractivity contribution is -0.137. The second-order valence-corrected chi connectivity index (χ2v) is 10.3. The van der Waals surface area contributed by atoms with E-state index < -0.39 is 16.0 Å². The van der Waals surface area contributed by atoms with E-state index in [1.807, 2.05) is 24.3 Å². The highest BCUT2D eigenvalue weighted by molar-refractivity contribution is 7.92. The number of ether oxygens (including phenoxy) is 1. The monoisotopic (exact) mass is 501 g/mol. The number of sulfonamides is 1. The highest BCUT2D eigenvalue weighted by Gasteiger charge is 2.37. The summed E-state index contributed by atoms with van der Waals surface area (Å²) in [6.45, 7) is 0.177. The van der Waals surface area contributed by atoms with Gasteiger partial charge in [-0.1, -0.05) is 12.1 Å². The van der Waals surface area contributed by atoms with Crippen LogP contribution in [0.15, 0.2) is 96.4 Å². The largest absolute Gasteiger partial charge is 0.481 e. The zero-order valence-electron chi connectivity index (χ0n) is 19.2. The molecule has 5 rings (SSSR count). The molecule has 0 bridgehead atoms. The first-order valence-electron chi connectivity index (χ1n) is 11.4. The van der Waals surface area contributed by atoms with Crippen molar-refractivity contribution in [3.8, 4) is 22.6 Å². The van der Waals surface area contributed by atoms with Crippen molar-refractivity contribution in [2.24, 2.45) is 0 Å². The second kappa shape index (κ2) is 9.79. The van der Waals surface area contributed by atoms with E-state index in [2.05, 4.69) is 9.97 Å². The summed E-state index contributed by atoms with van der Waals surface area (Å²) in [5, 5.41) is 9.23. The number of carboxylic acid groups (broad SMARTS) is 1. The standard InChI is InChI=1S/C27H23N3O5S/c31-27(32)10-4-21-18-30(26-9-3-19(16-25(21)26)20-2-1-13-29-17-20)36(33,34)24-7-5-22(6-8-24)35-23-11-14-28-15-12-23/h1-3,5-9,11-17,21H,4,10,18H2,(H,31,32). The molecular formula is C27H23N3O5S. The molecule has 1 N–H and O–H groups in total. The summed E-state index contributed by atoms with van der Waals surface area (Å²) < 4.78 is 34.4. The van der Waals surface area contributed by atoms with Gasteiger partial charge in [-0.05, 0) is 77.7 Å². The molecular weight excluding hydrogens is 478 g/mol. The topological polar surface area (TPSA) is 110 Å². The number of carboxylic acids is 1. The Morgan fingerprint density at radius 1 is 0.944 bits per heavy atom. The van der Waals surface area contributed by atoms with Crippen molar-refractivity contribution in [2.75, 3.05) is 10.8 Å². The van der Waals surface area contributed by atoms with Crippen LogP contribution in [-0.2, 0) is 14.8 Å². The summed E-state index contributed by atoms with van der Waals surface area (Å²) in [4.78, 5) is 19.5. The predicted octanol–water partition coefficient (Wildman–Crippen LogP) is 5.09. The minimum atomic E-state index is -3.88. The quantitative estimate of drug-likeness (QED) is 0.358. The average Bonchev–Trinajstić information content (AvgIpc) is 3.28. The van der Waals surface area contributed by atoms with Crippen molar-refractivity contribution in [2.45, 2.75) is 23.7 Å². The molecule has 36 heavy (non-hydrogen) atoms. The first kappa shape index (κ1) is 23.5. The number of nitrogens with zero attached hydrogens (tertiary/aromatic N) is 3. The number of carbonyl (C=O) groups is 1. The molecule has 3 heterocycles. The average molecular weight is 502 g/mol. The van der Waals surface area contributed by atoms with Crippen LogP contribution in [0.4, 0.5) is 5.69 Å². The maximum absolute atomic E-state index is 13.7. The van der Waals surface area contributed by atoms with Crippen LogP contribution in [0.5, 0.6) is 11.5 Å². The molecule has 8 nitrogen and oxygen atoms in total. The van der Waals surface area contributed by atoms with E-state index in [0.29, 0.717) is 23.6 Å². The third-order valence-electron chi connectivity index (χ3n) is 6.12. The summed E-state index contributed by atoms with van der Waals surface area (Å²) >= 11 is 0. The number of hydrogen-bond donors (Lipinski definition) is 1. The minimum Gasteiger partial charge on any atom is -0.481 e. The van der Waals surface area contributed by atoms with Gasteiger partial charge in [-0.15, -0.1) is 0 Å². The van der Waals surface area contributed by atoms with E-state index >= 15 is 0 Å². The lowest BCUT2D eigenvalue weighted by Gasteiger charge is -2.20. The molecule has 182 valence electrons. The fourth-order valence-electron chi connectivity index (χ4n) is 4.34. The summed E-state index contributed by atoms with van der Waals surface area (Å²) in [6.07, 6.45) is 6.94. The highest BCUT2D eigenvalue weighted by Crippen LogP contribution is 2.43. The molecule has 1 aliphatic heterocycles. The molecule has 1 unspecified atom stereocenters. The number of aliphatic carboxylic acids is 1. The highest BCUT2D eigenvalue weighted by atomic mass is 32.2. The Hall–Kier alpha value is -4.24. The molecule has 0 aliphatic carbocycles. The molecule has 2 aromatic carbocycles. The summed E-state index contributed by atoms with van der Waals surface area (Å²) in [5.41, 5.74) is 3.19. The van der Waals surface area contributed by atoms with Crippen LogP contribution in [0, 0.1) is 0 Å². The van der Waals surface area contributed by atoms with Crippen molar-refractivity contribution in [1.82, 2.24) is 9.97 Å². The van der Waals surface area contributed by atoms with E-state index in [0.717, 1.165) is 16.7 Å². The molecule has 2 aromatic heterocycles. The van der Waals surface area contributed by atoms with Gasteiger partial charge in [-0.2, -0.15) is 0 Å². The van der Waals surface area contributed by atoms with Crippen molar-refractivity contribution in [3.63, 3.8) is 0 Å². The number of aromatic nitrogens is 2. The normalized spacial score (nSPS) is 14.9. The smallest absolute Gasteiger partial charge is 0.303 e. The molecule has 0 fully saturated rings. The summed E-state index contributed by atoms with van der Waals surface area (Å²) in [6, 6.07) is 19.0. The number of pyridine rings is 2. The van der Waals surface area contributed by atoms with Gasteiger partial charge < -0.3 is 9.84 Å². The molecule has 9 heteroatoms. The van der Waals surface area contributed by atoms with Crippen LogP contribution in [0.25, 0.3) is 11.1 Å². The van der Waals surface area contributed by atoms with Gasteiger partial charge >= 0.3 is 5.97 Å². The Morgan fingerprint density at radius 3 is 2.39 bits per heavy atom. The van der Waals surface area contributed by atoms with Crippen molar-refractivity contribution in [1.29, 1.82) is 0 Å². The van der Waals surface area contributed by atoms with Gasteiger partial charge in [-0.3, -0.25) is 19.1 Å². The zero-order valence-corrected chi connectivity index (χ0v) is 20.0. The number of hydrogen-bond acceptors (Lipinski definition) is 6. The molecule has 0 spiro atoms. The molecule has 1 aliphatic rings. The predicted molar refractivity (Wildman–Crippen MR) is 135 cm³/mol. The van der Waals surface area contributed by atoms with Crippen molar-refractivity contribution < 1.29 is 23.1 Å². The lowest BCUT2D eigenvalue weighted by atomic mass is 9.93. The third kappa shape index (κ3) is 4.78. The fourth-order valence-corrected chi connectivity index (χ4v) is 5.88. The van der Waals surface area contributed by atoms with Crippen LogP contribution < -0.4 is 9.04 Å². The number of anilines is 1. The minimum absolute atomic E-state index is 0.0455. The first-order valence-corrected chi connectivity index (χ1v) is 12.8. The second-order valence-electron chi connectivity index (χ2n) is 8.44. The van der Waals surface area contributed by atoms with Gasteiger partial charge in [0.15, 0.2) is 0 Å².